The van der Waals surface area contributed by atoms with Gasteiger partial charge < -0.3 is 41.0 Å². The zero-order chi connectivity index (χ0) is 49.2. The first-order chi connectivity index (χ1) is 34.0. The lowest BCUT2D eigenvalue weighted by Crippen LogP contribution is -2.72. The van der Waals surface area contributed by atoms with Crippen LogP contribution in [0.15, 0.2) is 83.8 Å². The summed E-state index contributed by atoms with van der Waals surface area (Å²) >= 11 is 0. The van der Waals surface area contributed by atoms with Crippen LogP contribution >= 0.6 is 0 Å². The second-order valence-corrected chi connectivity index (χ2v) is 26.6. The molecule has 7 N–H and O–H groups in total. The first-order valence-electron chi connectivity index (χ1n) is 28.1. The van der Waals surface area contributed by atoms with Crippen molar-refractivity contribution in [1.29, 1.82) is 0 Å². The van der Waals surface area contributed by atoms with Crippen LogP contribution < -0.4 is 11.1 Å². The molecule has 71 heavy (non-hydrogen) atoms. The van der Waals surface area contributed by atoms with Gasteiger partial charge in [-0.25, -0.2) is 0 Å². The molecule has 0 radical (unpaired) electrons. The van der Waals surface area contributed by atoms with Crippen LogP contribution in [0, 0.1) is 85.8 Å². The summed E-state index contributed by atoms with van der Waals surface area (Å²) in [5, 5.41) is 54.3. The predicted molar refractivity (Wildman–Crippen MR) is 273 cm³/mol. The van der Waals surface area contributed by atoms with Gasteiger partial charge in [0.15, 0.2) is 5.78 Å². The van der Waals surface area contributed by atoms with E-state index in [1.165, 1.54) is 24.0 Å². The van der Waals surface area contributed by atoms with Crippen LogP contribution in [-0.4, -0.2) is 81.1 Å². The molecule has 5 saturated carbocycles. The number of aryl methyl sites for hydroxylation is 1. The first kappa shape index (κ1) is 47.2. The quantitative estimate of drug-likeness (QED) is 0.0857. The van der Waals surface area contributed by atoms with E-state index in [-0.39, 0.29) is 52.8 Å². The number of hydrogen-bond acceptors (Lipinski definition) is 9. The molecule has 0 amide bonds. The molecule has 9 heteroatoms. The molecule has 14 rings (SSSR count). The monoisotopic (exact) mass is 965 g/mol. The molecule has 3 spiro atoms. The molecule has 1 aromatic carbocycles. The van der Waals surface area contributed by atoms with Gasteiger partial charge in [-0.05, 0) is 166 Å². The number of nitrogens with two attached hydrogens (primary N) is 1. The summed E-state index contributed by atoms with van der Waals surface area (Å²) in [5.74, 6) is 8.30. The maximum atomic E-state index is 15.9. The van der Waals surface area contributed by atoms with Gasteiger partial charge in [-0.1, -0.05) is 100 Å². The number of hydrogen-bond donors (Lipinski definition) is 6. The lowest BCUT2D eigenvalue weighted by atomic mass is 9.30. The molecular weight excluding hydrogens is 885 g/mol. The third-order valence-corrected chi connectivity index (χ3v) is 23.8. The van der Waals surface area contributed by atoms with Crippen LogP contribution in [0.2, 0.25) is 0 Å². The largest absolute Gasteiger partial charge is 0.396 e. The van der Waals surface area contributed by atoms with E-state index in [1.54, 1.807) is 0 Å². The molecular formula is C62H80N2O7. The number of nitrogens with one attached hydrogen (secondary N) is 1. The van der Waals surface area contributed by atoms with Crippen LogP contribution in [-0.2, 0) is 27.1 Å². The Kier molecular flexibility index (Phi) is 10.5. The Morgan fingerprint density at radius 3 is 2.58 bits per heavy atom. The second kappa shape index (κ2) is 15.8. The van der Waals surface area contributed by atoms with Crippen molar-refractivity contribution in [2.24, 2.45) is 79.6 Å². The van der Waals surface area contributed by atoms with Gasteiger partial charge in [-0.2, -0.15) is 0 Å². The number of rotatable bonds is 8. The predicted octanol–water partition coefficient (Wildman–Crippen LogP) is 8.35. The zero-order valence-corrected chi connectivity index (χ0v) is 42.9. The van der Waals surface area contributed by atoms with E-state index >= 15 is 4.79 Å². The molecule has 3 heterocycles. The van der Waals surface area contributed by atoms with Crippen molar-refractivity contribution in [2.75, 3.05) is 19.8 Å². The highest BCUT2D eigenvalue weighted by molar-refractivity contribution is 5.96. The van der Waals surface area contributed by atoms with Crippen molar-refractivity contribution in [1.82, 2.24) is 5.32 Å². The van der Waals surface area contributed by atoms with E-state index < -0.39 is 62.7 Å². The van der Waals surface area contributed by atoms with Crippen molar-refractivity contribution in [3.05, 3.63) is 94.9 Å². The molecule has 2 saturated heterocycles. The van der Waals surface area contributed by atoms with Gasteiger partial charge >= 0.3 is 0 Å². The molecule has 13 aliphatic rings. The van der Waals surface area contributed by atoms with Crippen molar-refractivity contribution >= 4 is 5.78 Å². The summed E-state index contributed by atoms with van der Waals surface area (Å²) in [5.41, 5.74) is 4.34. The Morgan fingerprint density at radius 2 is 1.80 bits per heavy atom. The van der Waals surface area contributed by atoms with Crippen molar-refractivity contribution in [3.8, 4) is 11.8 Å². The Hall–Kier alpha value is -3.49. The highest BCUT2D eigenvalue weighted by Gasteiger charge is 2.85. The molecule has 10 aliphatic carbocycles. The van der Waals surface area contributed by atoms with Gasteiger partial charge in [-0.15, -0.1) is 0 Å². The van der Waals surface area contributed by atoms with Gasteiger partial charge in [0.25, 0.3) is 0 Å². The molecule has 7 fully saturated rings. The normalized spacial score (nSPS) is 47.8. The maximum absolute atomic E-state index is 15.9. The number of epoxide rings is 1. The number of aliphatic hydroxyl groups excluding tert-OH is 2. The third-order valence-electron chi connectivity index (χ3n) is 23.8. The van der Waals surface area contributed by atoms with Gasteiger partial charge in [0.05, 0.1) is 29.7 Å². The standard InChI is InChI=1S/C62H80N2O7/c1-38-21-30-70-60(33-38,53-52(71-53)56(4,68)54(2,37-65)26-17-39-20-29-64-49(63)31-39)47-19-28-62(69)44-32-45(66)51-43-18-27-58-24-10-25-59(51)50(44)42(34-55(47,62)3)16-15-41-12-6-5-11-40(41)13-9-14-48(61(58,59)35-46(43)67)57(36-58)22-7-8-23-57/h5-6,10-12,18,20,24,27,31-32,38,42-43,46-48,50-53,64-65,67-69H,7-8,13,15-17,19,21-23,25-26,28-30,33-37,63H2,1-4H3. The fraction of sp³-hybridized carbons (Fsp3) is 0.694. The summed E-state index contributed by atoms with van der Waals surface area (Å²) in [6.45, 7) is 9.50. The number of allylic oxidation sites excluding steroid dienone is 6. The van der Waals surface area contributed by atoms with E-state index in [2.05, 4.69) is 85.7 Å². The van der Waals surface area contributed by atoms with E-state index in [0.29, 0.717) is 63.4 Å². The van der Waals surface area contributed by atoms with Crippen molar-refractivity contribution < 1.29 is 34.7 Å². The summed E-state index contributed by atoms with van der Waals surface area (Å²) in [6.07, 6.45) is 28.5. The molecule has 0 aromatic heterocycles. The number of ether oxygens (including phenoxy) is 2. The first-order valence-corrected chi connectivity index (χ1v) is 28.1. The molecule has 1 aromatic rings. The maximum Gasteiger partial charge on any atom is 0.160 e. The summed E-state index contributed by atoms with van der Waals surface area (Å²) < 4.78 is 14.3. The Bertz CT molecular complexity index is 2630. The smallest absolute Gasteiger partial charge is 0.160 e. The summed E-state index contributed by atoms with van der Waals surface area (Å²) in [4.78, 5) is 15.9. The van der Waals surface area contributed by atoms with E-state index in [4.69, 9.17) is 15.2 Å². The van der Waals surface area contributed by atoms with Crippen LogP contribution in [0.1, 0.15) is 135 Å². The minimum absolute atomic E-state index is 0.00899. The summed E-state index contributed by atoms with van der Waals surface area (Å²) in [7, 11) is 0. The molecule has 18 unspecified atom stereocenters. The van der Waals surface area contributed by atoms with Crippen LogP contribution in [0.3, 0.4) is 0 Å². The van der Waals surface area contributed by atoms with Crippen LogP contribution in [0.5, 0.6) is 0 Å². The highest BCUT2D eigenvalue weighted by atomic mass is 16.6. The zero-order valence-electron chi connectivity index (χ0n) is 42.9. The SMILES string of the molecule is CC1CCOC(C2OC2C(C)(O)C(C)(CO)CCC2=CCNC(N)=C2)(C2CCC3(O)C4=CC(=O)C5C6C=CC78C=CCC59C4C(CCc4ccccc4CC#CC(C4(CCCC4)C7)C89CC6O)CC23C)C1. The lowest BCUT2D eigenvalue weighted by molar-refractivity contribution is -0.235. The fourth-order valence-electron chi connectivity index (χ4n) is 20.5. The number of ketones is 1. The van der Waals surface area contributed by atoms with Crippen molar-refractivity contribution in [2.45, 2.75) is 172 Å². The fourth-order valence-corrected chi connectivity index (χ4v) is 20.5. The van der Waals surface area contributed by atoms with Gasteiger partial charge in [0, 0.05) is 59.0 Å². The molecule has 380 valence electrons. The average molecular weight is 965 g/mol. The number of carbonyl (C=O) groups is 1. The Morgan fingerprint density at radius 1 is 1.00 bits per heavy atom. The van der Waals surface area contributed by atoms with E-state index in [1.807, 2.05) is 26.0 Å². The minimum atomic E-state index is -1.40. The number of dihydropyridines is 1. The average Bonchev–Trinajstić information content (AvgIpc) is 3.94. The number of fused-ring (bicyclic) bond motifs is 5. The third kappa shape index (κ3) is 6.02. The molecule has 9 nitrogen and oxygen atoms in total. The Balaban J connectivity index is 0.951. The van der Waals surface area contributed by atoms with E-state index in [0.717, 1.165) is 68.9 Å². The Labute approximate surface area is 422 Å². The van der Waals surface area contributed by atoms with Crippen LogP contribution in [0.4, 0.5) is 0 Å². The van der Waals surface area contributed by atoms with Gasteiger partial charge in [0.2, 0.25) is 0 Å². The second-order valence-electron chi connectivity index (χ2n) is 26.6. The van der Waals surface area contributed by atoms with Crippen LogP contribution in [0.25, 0.3) is 0 Å². The highest BCUT2D eigenvalue weighted by Crippen LogP contribution is 2.86. The number of benzene rings is 1. The van der Waals surface area contributed by atoms with E-state index in [9.17, 15) is 20.4 Å². The van der Waals surface area contributed by atoms with Gasteiger partial charge in [0.1, 0.15) is 17.8 Å². The molecule has 3 aliphatic heterocycles. The van der Waals surface area contributed by atoms with Crippen molar-refractivity contribution in [3.63, 3.8) is 0 Å². The minimum Gasteiger partial charge on any atom is -0.396 e. The number of carbonyl (C=O) groups excluding carboxylic acids is 1. The summed E-state index contributed by atoms with van der Waals surface area (Å²) in [6, 6.07) is 8.92. The lowest BCUT2D eigenvalue weighted by Gasteiger charge is -2.72. The number of aliphatic hydroxyl groups is 4. The molecule has 4 bridgehead atoms. The topological polar surface area (TPSA) is 158 Å². The van der Waals surface area contributed by atoms with Gasteiger partial charge in [-0.3, -0.25) is 4.79 Å². The molecule has 18 atom stereocenters.